The Morgan fingerprint density at radius 1 is 1.20 bits per heavy atom. The van der Waals surface area contributed by atoms with Gasteiger partial charge in [-0.25, -0.2) is 8.42 Å². The molecular formula is C32H40N2O5S. The first-order valence-electron chi connectivity index (χ1n) is 14.5. The van der Waals surface area contributed by atoms with Crippen molar-refractivity contribution in [1.82, 2.24) is 9.21 Å². The zero-order valence-electron chi connectivity index (χ0n) is 23.7. The minimum absolute atomic E-state index is 0.0319. The molecule has 2 fully saturated rings. The van der Waals surface area contributed by atoms with Crippen LogP contribution in [0.15, 0.2) is 61.2 Å². The van der Waals surface area contributed by atoms with Crippen LogP contribution < -0.4 is 4.74 Å². The van der Waals surface area contributed by atoms with Crippen molar-refractivity contribution >= 4 is 16.0 Å². The Morgan fingerprint density at radius 2 is 1.98 bits per heavy atom. The highest BCUT2D eigenvalue weighted by Gasteiger charge is 2.75. The summed E-state index contributed by atoms with van der Waals surface area (Å²) in [5.41, 5.74) is 1.70. The van der Waals surface area contributed by atoms with Gasteiger partial charge in [-0.15, -0.1) is 6.58 Å². The van der Waals surface area contributed by atoms with E-state index >= 15 is 0 Å². The average molecular weight is 565 g/mol. The Bertz CT molecular complexity index is 1410. The quantitative estimate of drug-likeness (QED) is 0.331. The first-order valence-corrected chi connectivity index (χ1v) is 16.1. The lowest BCUT2D eigenvalue weighted by Gasteiger charge is -2.65. The van der Waals surface area contributed by atoms with Gasteiger partial charge in [0.25, 0.3) is 0 Å². The van der Waals surface area contributed by atoms with E-state index in [1.54, 1.807) is 4.31 Å². The molecule has 2 aromatic rings. The normalized spacial score (nSPS) is 30.6. The van der Waals surface area contributed by atoms with Gasteiger partial charge < -0.3 is 9.47 Å². The number of likely N-dealkylation sites (tertiary alicyclic amines) is 1. The van der Waals surface area contributed by atoms with Gasteiger partial charge >= 0.3 is 5.97 Å². The lowest BCUT2D eigenvalue weighted by Crippen LogP contribution is -2.79. The summed E-state index contributed by atoms with van der Waals surface area (Å²) < 4.78 is 43.5. The number of carbonyl (C=O) groups excluding carboxylic acids is 1. The van der Waals surface area contributed by atoms with E-state index in [1.807, 2.05) is 48.5 Å². The molecule has 0 amide bonds. The molecule has 1 saturated carbocycles. The number of rotatable bonds is 9. The number of piperidine rings is 1. The second-order valence-electron chi connectivity index (χ2n) is 12.3. The molecule has 2 bridgehead atoms. The SMILES string of the molecule is C=CCN1CC[C@]23c4c5cccc4O[C@H]2[C@@H](N(CC(C)C)S(=O)(=O)Cc2ccccc2)CC[C@@]3(OC(C)=O)[C@H]1C5. The summed E-state index contributed by atoms with van der Waals surface area (Å²) in [6, 6.07) is 15.2. The van der Waals surface area contributed by atoms with Gasteiger partial charge in [0.2, 0.25) is 10.0 Å². The van der Waals surface area contributed by atoms with Crippen LogP contribution in [0.25, 0.3) is 0 Å². The molecule has 7 nitrogen and oxygen atoms in total. The van der Waals surface area contributed by atoms with Crippen LogP contribution in [0.5, 0.6) is 5.75 Å². The number of hydrogen-bond donors (Lipinski definition) is 0. The summed E-state index contributed by atoms with van der Waals surface area (Å²) in [6.45, 7) is 11.5. The van der Waals surface area contributed by atoms with E-state index in [0.717, 1.165) is 36.3 Å². The van der Waals surface area contributed by atoms with E-state index in [9.17, 15) is 13.2 Å². The van der Waals surface area contributed by atoms with Crippen molar-refractivity contribution in [2.45, 2.75) is 81.4 Å². The number of carbonyl (C=O) groups is 1. The molecule has 2 aromatic carbocycles. The molecule has 6 rings (SSSR count). The maximum absolute atomic E-state index is 14.2. The fourth-order valence-electron chi connectivity index (χ4n) is 8.37. The monoisotopic (exact) mass is 564 g/mol. The van der Waals surface area contributed by atoms with E-state index in [0.29, 0.717) is 25.9 Å². The highest BCUT2D eigenvalue weighted by atomic mass is 32.2. The van der Waals surface area contributed by atoms with Crippen molar-refractivity contribution in [3.8, 4) is 5.75 Å². The van der Waals surface area contributed by atoms with Crippen LogP contribution in [0.1, 0.15) is 56.7 Å². The molecule has 2 aliphatic carbocycles. The molecule has 5 atom stereocenters. The summed E-state index contributed by atoms with van der Waals surface area (Å²) in [4.78, 5) is 15.2. The first kappa shape index (κ1) is 27.5. The molecule has 214 valence electrons. The van der Waals surface area contributed by atoms with Gasteiger partial charge in [-0.1, -0.05) is 62.4 Å². The number of nitrogens with zero attached hydrogens (tertiary/aromatic N) is 2. The van der Waals surface area contributed by atoms with Crippen LogP contribution >= 0.6 is 0 Å². The van der Waals surface area contributed by atoms with Crippen molar-refractivity contribution < 1.29 is 22.7 Å². The number of esters is 1. The molecule has 1 saturated heterocycles. The van der Waals surface area contributed by atoms with Crippen molar-refractivity contribution in [2.24, 2.45) is 5.92 Å². The van der Waals surface area contributed by atoms with E-state index in [1.165, 1.54) is 12.5 Å². The predicted octanol–water partition coefficient (Wildman–Crippen LogP) is 4.45. The zero-order valence-corrected chi connectivity index (χ0v) is 24.5. The lowest BCUT2D eigenvalue weighted by atomic mass is 9.48. The van der Waals surface area contributed by atoms with Crippen molar-refractivity contribution in [2.75, 3.05) is 19.6 Å². The number of benzene rings is 2. The molecule has 0 radical (unpaired) electrons. The fraction of sp³-hybridized carbons (Fsp3) is 0.531. The summed E-state index contributed by atoms with van der Waals surface area (Å²) in [5, 5.41) is 0. The number of hydrogen-bond acceptors (Lipinski definition) is 6. The van der Waals surface area contributed by atoms with Gasteiger partial charge in [0.1, 0.15) is 17.5 Å². The van der Waals surface area contributed by atoms with E-state index in [2.05, 4.69) is 31.4 Å². The summed E-state index contributed by atoms with van der Waals surface area (Å²) in [5.74, 6) is 0.591. The summed E-state index contributed by atoms with van der Waals surface area (Å²) in [7, 11) is -3.68. The molecule has 0 unspecified atom stereocenters. The molecule has 1 spiro atoms. The third kappa shape index (κ3) is 4.05. The molecule has 2 aliphatic heterocycles. The predicted molar refractivity (Wildman–Crippen MR) is 155 cm³/mol. The standard InChI is InChI=1S/C32H40N2O5S/c1-5-17-33-18-16-31-29-25-12-9-13-27(29)38-30(31)26(14-15-32(31,28(33)19-25)39-23(4)35)34(20-22(2)3)40(36,37)21-24-10-7-6-8-11-24/h5-13,22,26,28,30H,1,14-21H2,2-4H3/t26-,28+,30-,31-,32+/m0/s1. The Hall–Kier alpha value is -2.68. The fourth-order valence-corrected chi connectivity index (χ4v) is 10.3. The Morgan fingerprint density at radius 3 is 2.67 bits per heavy atom. The van der Waals surface area contributed by atoms with Gasteiger partial charge in [0.05, 0.1) is 23.3 Å². The van der Waals surface area contributed by atoms with Crippen LogP contribution in [0.2, 0.25) is 0 Å². The summed E-state index contributed by atoms with van der Waals surface area (Å²) >= 11 is 0. The van der Waals surface area contributed by atoms with Gasteiger partial charge in [-0.3, -0.25) is 9.69 Å². The first-order chi connectivity index (χ1) is 19.1. The highest BCUT2D eigenvalue weighted by Crippen LogP contribution is 2.66. The minimum Gasteiger partial charge on any atom is -0.487 e. The van der Waals surface area contributed by atoms with Crippen LogP contribution in [0, 0.1) is 5.92 Å². The van der Waals surface area contributed by atoms with Gasteiger partial charge in [-0.2, -0.15) is 4.31 Å². The molecule has 2 heterocycles. The third-order valence-corrected chi connectivity index (χ3v) is 11.4. The van der Waals surface area contributed by atoms with Gasteiger partial charge in [-0.05, 0) is 48.8 Å². The Balaban J connectivity index is 1.50. The maximum atomic E-state index is 14.2. The smallest absolute Gasteiger partial charge is 0.303 e. The molecule has 4 aliphatic rings. The average Bonchev–Trinajstić information content (AvgIpc) is 3.24. The molecule has 8 heteroatoms. The molecule has 40 heavy (non-hydrogen) atoms. The van der Waals surface area contributed by atoms with Crippen molar-refractivity contribution in [1.29, 1.82) is 0 Å². The van der Waals surface area contributed by atoms with E-state index in [4.69, 9.17) is 9.47 Å². The molecule has 0 aromatic heterocycles. The number of ether oxygens (including phenoxy) is 2. The van der Waals surface area contributed by atoms with Crippen LogP contribution in [-0.2, 0) is 37.1 Å². The van der Waals surface area contributed by atoms with Crippen LogP contribution in [0.3, 0.4) is 0 Å². The van der Waals surface area contributed by atoms with Crippen molar-refractivity contribution in [3.05, 3.63) is 77.9 Å². The molecular weight excluding hydrogens is 524 g/mol. The van der Waals surface area contributed by atoms with Crippen molar-refractivity contribution in [3.63, 3.8) is 0 Å². The Kier molecular flexibility index (Phi) is 6.87. The highest BCUT2D eigenvalue weighted by molar-refractivity contribution is 7.88. The van der Waals surface area contributed by atoms with Gasteiger partial charge in [0, 0.05) is 32.1 Å². The second kappa shape index (κ2) is 10.00. The second-order valence-corrected chi connectivity index (χ2v) is 14.3. The zero-order chi connectivity index (χ0) is 28.3. The van der Waals surface area contributed by atoms with Crippen LogP contribution in [0.4, 0.5) is 0 Å². The minimum atomic E-state index is -3.68. The summed E-state index contributed by atoms with van der Waals surface area (Å²) in [6.07, 6.45) is 4.09. The van der Waals surface area contributed by atoms with E-state index < -0.39 is 27.1 Å². The lowest BCUT2D eigenvalue weighted by molar-refractivity contribution is -0.220. The molecule has 0 N–H and O–H groups in total. The van der Waals surface area contributed by atoms with E-state index in [-0.39, 0.29) is 29.7 Å². The van der Waals surface area contributed by atoms with Gasteiger partial charge in [0.15, 0.2) is 0 Å². The topological polar surface area (TPSA) is 76.2 Å². The van der Waals surface area contributed by atoms with Crippen LogP contribution in [-0.4, -0.2) is 67.0 Å². The third-order valence-electron chi connectivity index (χ3n) is 9.55. The maximum Gasteiger partial charge on any atom is 0.303 e. The Labute approximate surface area is 238 Å². The number of sulfonamides is 1. The largest absolute Gasteiger partial charge is 0.487 e.